The van der Waals surface area contributed by atoms with Crippen molar-refractivity contribution >= 4 is 63.1 Å². The summed E-state index contributed by atoms with van der Waals surface area (Å²) in [5.74, 6) is 2.76. The lowest BCUT2D eigenvalue weighted by Gasteiger charge is -2.39. The van der Waals surface area contributed by atoms with E-state index in [1.54, 1.807) is 74.5 Å². The molecule has 6 heterocycles. The van der Waals surface area contributed by atoms with Gasteiger partial charge < -0.3 is 74.9 Å². The number of anilines is 2. The molecule has 14 rings (SSSR count). The third-order valence-corrected chi connectivity index (χ3v) is 27.6. The van der Waals surface area contributed by atoms with E-state index in [1.807, 2.05) is 194 Å². The summed E-state index contributed by atoms with van der Waals surface area (Å²) in [4.78, 5) is 57.2. The highest BCUT2D eigenvalue weighted by molar-refractivity contribution is 7.45. The van der Waals surface area contributed by atoms with Crippen LogP contribution < -0.4 is 48.5 Å². The number of unbranched alkanes of at least 4 members (excludes halogenated alkanes) is 4. The lowest BCUT2D eigenvalue weighted by atomic mass is 9.80. The average molecular weight is 1900 g/mol. The van der Waals surface area contributed by atoms with E-state index in [4.69, 9.17) is 105 Å². The van der Waals surface area contributed by atoms with Crippen LogP contribution in [0.1, 0.15) is 159 Å². The summed E-state index contributed by atoms with van der Waals surface area (Å²) < 4.78 is 113. The molecule has 2 amide bonds. The second-order valence-electron chi connectivity index (χ2n) is 33.9. The molecule has 2 aliphatic heterocycles. The molecule has 12 aromatic rings. The summed E-state index contributed by atoms with van der Waals surface area (Å²) >= 11 is 0. The number of carbonyl (C=O) groups excluding carboxylic acids is 2. The fourth-order valence-electron chi connectivity index (χ4n) is 16.9. The van der Waals surface area contributed by atoms with E-state index < -0.39 is 76.9 Å². The van der Waals surface area contributed by atoms with Crippen LogP contribution in [0.4, 0.5) is 11.9 Å². The second kappa shape index (κ2) is 49.1. The van der Waals surface area contributed by atoms with E-state index in [9.17, 15) is 20.1 Å². The molecule has 0 radical (unpaired) electrons. The molecule has 2 N–H and O–H groups in total. The van der Waals surface area contributed by atoms with E-state index in [-0.39, 0.29) is 126 Å². The Hall–Kier alpha value is -12.4. The van der Waals surface area contributed by atoms with Gasteiger partial charge in [0.05, 0.1) is 118 Å². The quantitative estimate of drug-likeness (QED) is 0.0203. The van der Waals surface area contributed by atoms with E-state index in [0.717, 1.165) is 52.6 Å². The third-order valence-electron chi connectivity index (χ3n) is 23.3. The summed E-state index contributed by atoms with van der Waals surface area (Å²) in [7, 11) is 2.89. The van der Waals surface area contributed by atoms with E-state index >= 15 is 0 Å². The molecule has 8 aromatic carbocycles. The molecule has 2 aliphatic rings. The topological polar surface area (TPSA) is 347 Å². The first-order valence-electron chi connectivity index (χ1n) is 46.2. The number of benzene rings is 8. The number of ether oxygens (including phenoxy) is 12. The SMILES string of the molecule is COc1ccc(C(OC[C@H]2O[C@@H](n3cnc4c(OCCCCCCCOc5nc(NC(=O)COc6ccccc6)nc6c5ncn6[C@H]5C[C@H](OP(OCCC#N)N(C(C)C)C(C)C)[C@@H](COC(c6ccccc6)(c6ccc(OC)cc6)c6ccc(OC)cc6)O5)nc(NC(=O)COc5ccccc5)nc43)C[C@@H]2OP(OCCC#N)N(C(C)C)C(C)C)(c2ccccc2)c2ccc(OC)cc2)cc1. The molecular weight excluding hydrogens is 1780 g/mol. The van der Waals surface area contributed by atoms with Crippen LogP contribution in [-0.2, 0) is 57.8 Å². The van der Waals surface area contributed by atoms with Gasteiger partial charge in [-0.1, -0.05) is 165 Å². The van der Waals surface area contributed by atoms with Crippen LogP contribution in [-0.4, -0.2) is 190 Å². The fourth-order valence-corrected chi connectivity index (χ4v) is 20.4. The Morgan fingerprint density at radius 3 is 1.04 bits per heavy atom. The lowest BCUT2D eigenvalue weighted by molar-refractivity contribution is -0.118. The largest absolute Gasteiger partial charge is 0.497 e. The van der Waals surface area contributed by atoms with Gasteiger partial charge in [0, 0.05) is 37.0 Å². The summed E-state index contributed by atoms with van der Waals surface area (Å²) in [6.07, 6.45) is 2.89. The highest BCUT2D eigenvalue weighted by atomic mass is 31.2. The monoisotopic (exact) mass is 1900 g/mol. The van der Waals surface area contributed by atoms with Gasteiger partial charge in [0.15, 0.2) is 35.5 Å². The Labute approximate surface area is 802 Å². The van der Waals surface area contributed by atoms with Crippen molar-refractivity contribution in [2.45, 2.75) is 185 Å². The number of nitrogens with zero attached hydrogens (tertiary/aromatic N) is 12. The maximum absolute atomic E-state index is 13.9. The molecule has 8 atom stereocenters. The molecule has 0 aliphatic carbocycles. The number of fused-ring (bicyclic) bond motifs is 2. The van der Waals surface area contributed by atoms with Crippen LogP contribution >= 0.6 is 17.1 Å². The predicted molar refractivity (Wildman–Crippen MR) is 520 cm³/mol. The average Bonchev–Trinajstić information content (AvgIpc) is 1.40. The Morgan fingerprint density at radius 1 is 0.416 bits per heavy atom. The molecule has 32 nitrogen and oxygen atoms in total. The zero-order valence-electron chi connectivity index (χ0n) is 79.3. The number of para-hydroxylation sites is 2. The van der Waals surface area contributed by atoms with Crippen molar-refractivity contribution in [2.75, 3.05) is 91.9 Å². The van der Waals surface area contributed by atoms with Crippen molar-refractivity contribution in [3.05, 3.63) is 264 Å². The number of methoxy groups -OCH3 is 4. The van der Waals surface area contributed by atoms with Crippen molar-refractivity contribution in [2.24, 2.45) is 0 Å². The van der Waals surface area contributed by atoms with Crippen LogP contribution in [0.2, 0.25) is 0 Å². The molecule has 2 saturated heterocycles. The number of imidazole rings is 2. The molecule has 2 unspecified atom stereocenters. The molecule has 34 heteroatoms. The number of hydrogen-bond acceptors (Lipinski definition) is 28. The molecule has 0 saturated carbocycles. The van der Waals surface area contributed by atoms with Crippen LogP contribution in [0.15, 0.2) is 231 Å². The molecule has 2 fully saturated rings. The maximum atomic E-state index is 13.9. The number of aromatic nitrogens is 8. The van der Waals surface area contributed by atoms with Crippen molar-refractivity contribution in [1.29, 1.82) is 10.5 Å². The molecular formula is C103H120N14O18P2. The zero-order chi connectivity index (χ0) is 96.2. The number of rotatable bonds is 52. The molecule has 720 valence electrons. The van der Waals surface area contributed by atoms with Gasteiger partial charge in [-0.3, -0.25) is 29.4 Å². The van der Waals surface area contributed by atoms with Gasteiger partial charge in [-0.25, -0.2) is 19.3 Å². The van der Waals surface area contributed by atoms with Crippen molar-refractivity contribution in [1.82, 2.24) is 48.4 Å². The molecule has 0 bridgehead atoms. The van der Waals surface area contributed by atoms with Gasteiger partial charge in [0.25, 0.3) is 28.9 Å². The van der Waals surface area contributed by atoms with Gasteiger partial charge in [-0.05, 0) is 174 Å². The summed E-state index contributed by atoms with van der Waals surface area (Å²) in [5.41, 5.74) is 3.70. The van der Waals surface area contributed by atoms with Crippen LogP contribution in [0.5, 0.6) is 46.3 Å². The minimum Gasteiger partial charge on any atom is -0.497 e. The smallest absolute Gasteiger partial charge is 0.264 e. The van der Waals surface area contributed by atoms with Crippen LogP contribution in [0, 0.1) is 22.7 Å². The molecule has 4 aromatic heterocycles. The minimum absolute atomic E-state index is 0.0219. The van der Waals surface area contributed by atoms with Gasteiger partial charge >= 0.3 is 0 Å². The van der Waals surface area contributed by atoms with E-state index in [2.05, 4.69) is 87.5 Å². The fraction of sp³-hybridized carbons (Fsp3) is 0.398. The highest BCUT2D eigenvalue weighted by Crippen LogP contribution is 2.54. The predicted octanol–water partition coefficient (Wildman–Crippen LogP) is 19.4. The Bertz CT molecular complexity index is 5420. The van der Waals surface area contributed by atoms with Crippen LogP contribution in [0.25, 0.3) is 22.3 Å². The zero-order valence-corrected chi connectivity index (χ0v) is 81.1. The minimum atomic E-state index is -1.82. The standard InChI is InChI=1S/C103H120N14O18P2/c1-70(2)116(71(3)4)136(130-60-30-56-104)134-86-62-92(132-88(86)64-128-102(74-32-20-16-21-33-74,76-40-48-80(120-9)49-41-76)77-42-50-81(121-10)51-43-77)114-68-106-94-96(114)110-100(108-90(118)66-126-84-36-24-18-25-37-84)112-98(94)124-58-28-14-13-15-29-59-125-99-95-97(111-101(113-99)109-91(119)67-127-85-38-26-19-27-39-85)115(69-107-95)93-63-87(135-137(131-61-31-57-105)117(72(5)6)73(7)8)89(133-93)65-129-103(75-34-22-17-23-35-75,78-44-52-82(122-11)53-45-78)79-46-54-83(123-12)55-47-79/h16-27,32-55,68-73,86-89,92-93H,13-15,28-31,58-67H2,1-12H3,(H,108,110,112,118)(H,109,111,113,119)/t86-,87-,88+,89+,92+,93+,136?,137?/m0/s1. The van der Waals surface area contributed by atoms with Gasteiger partial charge in [0.2, 0.25) is 23.7 Å². The first kappa shape index (κ1) is 101. The van der Waals surface area contributed by atoms with Crippen molar-refractivity contribution in [3.8, 4) is 58.4 Å². The van der Waals surface area contributed by atoms with Crippen LogP contribution in [0.3, 0.4) is 0 Å². The van der Waals surface area contributed by atoms with Gasteiger partial charge in [-0.2, -0.15) is 30.5 Å². The first-order chi connectivity index (χ1) is 66.7. The number of nitriles is 2. The number of nitrogens with one attached hydrogen (secondary N) is 2. The Balaban J connectivity index is 0.715. The normalized spacial score (nSPS) is 16.6. The van der Waals surface area contributed by atoms with E-state index in [0.29, 0.717) is 69.7 Å². The first-order valence-corrected chi connectivity index (χ1v) is 48.5. The number of carbonyl (C=O) groups is 2. The highest BCUT2D eigenvalue weighted by Gasteiger charge is 2.49. The number of amides is 2. The van der Waals surface area contributed by atoms with Crippen molar-refractivity contribution < 1.29 is 84.5 Å². The van der Waals surface area contributed by atoms with Gasteiger partial charge in [-0.15, -0.1) is 0 Å². The van der Waals surface area contributed by atoms with Crippen molar-refractivity contribution in [3.63, 3.8) is 0 Å². The molecule has 137 heavy (non-hydrogen) atoms. The summed E-state index contributed by atoms with van der Waals surface area (Å²) in [5, 5.41) is 25.3. The Morgan fingerprint density at radius 2 is 0.730 bits per heavy atom. The van der Waals surface area contributed by atoms with Gasteiger partial charge in [0.1, 0.15) is 70.4 Å². The third kappa shape index (κ3) is 25.2. The Kier molecular flexibility index (Phi) is 36.0. The van der Waals surface area contributed by atoms with E-state index in [1.165, 1.54) is 0 Å². The lowest BCUT2D eigenvalue weighted by Crippen LogP contribution is -2.39. The summed E-state index contributed by atoms with van der Waals surface area (Å²) in [6, 6.07) is 73.7. The molecule has 0 spiro atoms. The number of hydrogen-bond donors (Lipinski definition) is 2. The second-order valence-corrected chi connectivity index (χ2v) is 36.7. The summed E-state index contributed by atoms with van der Waals surface area (Å²) in [6.45, 7) is 16.6. The maximum Gasteiger partial charge on any atom is 0.264 e.